The summed E-state index contributed by atoms with van der Waals surface area (Å²) in [6, 6.07) is 6.41. The van der Waals surface area contributed by atoms with Gasteiger partial charge in [-0.15, -0.1) is 10.2 Å². The van der Waals surface area contributed by atoms with Crippen molar-refractivity contribution in [3.63, 3.8) is 0 Å². The maximum Gasteiger partial charge on any atom is 0.152 e. The Morgan fingerprint density at radius 1 is 0.938 bits per heavy atom. The Hall–Kier alpha value is -1.03. The van der Waals surface area contributed by atoms with Crippen LogP contribution in [0.15, 0.2) is 24.3 Å². The van der Waals surface area contributed by atoms with E-state index in [-0.39, 0.29) is 15.8 Å². The highest BCUT2D eigenvalue weighted by atomic mass is 35.5. The lowest BCUT2D eigenvalue weighted by Gasteiger charge is -2.04. The molecule has 82 valence electrons. The number of hydrogen-bond donors (Lipinski definition) is 1. The highest BCUT2D eigenvalue weighted by Gasteiger charge is 2.09. The standard InChI is InChI=1S/C10H5Cl3N2O/c11-6-3-5(4-7(12)10(6)16)8-1-2-9(13)15-14-8/h1-4,16H. The molecule has 0 saturated heterocycles. The fourth-order valence-electron chi connectivity index (χ4n) is 1.18. The van der Waals surface area contributed by atoms with Crippen molar-refractivity contribution in [2.75, 3.05) is 0 Å². The first-order valence-electron chi connectivity index (χ1n) is 4.25. The van der Waals surface area contributed by atoms with E-state index < -0.39 is 0 Å². The molecular formula is C10H5Cl3N2O. The summed E-state index contributed by atoms with van der Waals surface area (Å²) in [4.78, 5) is 0. The average molecular weight is 276 g/mol. The van der Waals surface area contributed by atoms with Gasteiger partial charge in [0.1, 0.15) is 0 Å². The Morgan fingerprint density at radius 2 is 1.56 bits per heavy atom. The molecule has 2 aromatic rings. The molecule has 0 radical (unpaired) electrons. The number of benzene rings is 1. The molecule has 1 heterocycles. The zero-order chi connectivity index (χ0) is 11.7. The van der Waals surface area contributed by atoms with E-state index in [1.54, 1.807) is 24.3 Å². The minimum Gasteiger partial charge on any atom is -0.505 e. The van der Waals surface area contributed by atoms with Crippen LogP contribution >= 0.6 is 34.8 Å². The van der Waals surface area contributed by atoms with E-state index >= 15 is 0 Å². The third-order valence-electron chi connectivity index (χ3n) is 1.94. The van der Waals surface area contributed by atoms with Crippen molar-refractivity contribution in [2.45, 2.75) is 0 Å². The van der Waals surface area contributed by atoms with Crippen LogP contribution in [0.4, 0.5) is 0 Å². The van der Waals surface area contributed by atoms with Gasteiger partial charge in [0.2, 0.25) is 0 Å². The van der Waals surface area contributed by atoms with Crippen LogP contribution in [0.3, 0.4) is 0 Å². The smallest absolute Gasteiger partial charge is 0.152 e. The van der Waals surface area contributed by atoms with Crippen LogP contribution in [-0.4, -0.2) is 15.3 Å². The van der Waals surface area contributed by atoms with Crippen molar-refractivity contribution in [3.8, 4) is 17.0 Å². The number of halogens is 3. The second-order valence-electron chi connectivity index (χ2n) is 3.03. The zero-order valence-electron chi connectivity index (χ0n) is 7.78. The summed E-state index contributed by atoms with van der Waals surface area (Å²) in [5.41, 5.74) is 1.24. The van der Waals surface area contributed by atoms with Gasteiger partial charge in [0.15, 0.2) is 10.9 Å². The van der Waals surface area contributed by atoms with Crippen LogP contribution in [-0.2, 0) is 0 Å². The fourth-order valence-corrected chi connectivity index (χ4v) is 1.77. The average Bonchev–Trinajstić information content (AvgIpc) is 2.26. The van der Waals surface area contributed by atoms with Gasteiger partial charge in [0, 0.05) is 5.56 Å². The summed E-state index contributed by atoms with van der Waals surface area (Å²) < 4.78 is 0. The molecule has 0 spiro atoms. The lowest BCUT2D eigenvalue weighted by atomic mass is 10.1. The molecule has 2 rings (SSSR count). The second kappa shape index (κ2) is 4.45. The van der Waals surface area contributed by atoms with Crippen molar-refractivity contribution in [1.29, 1.82) is 0 Å². The van der Waals surface area contributed by atoms with E-state index in [4.69, 9.17) is 34.8 Å². The summed E-state index contributed by atoms with van der Waals surface area (Å²) in [5.74, 6) is -0.144. The Kier molecular flexibility index (Phi) is 3.19. The maximum atomic E-state index is 9.40. The summed E-state index contributed by atoms with van der Waals surface area (Å²) >= 11 is 17.2. The zero-order valence-corrected chi connectivity index (χ0v) is 10.1. The molecule has 0 saturated carbocycles. The molecule has 0 bridgehead atoms. The van der Waals surface area contributed by atoms with Crippen LogP contribution in [0.25, 0.3) is 11.3 Å². The molecule has 1 aromatic carbocycles. The van der Waals surface area contributed by atoms with Crippen molar-refractivity contribution in [3.05, 3.63) is 39.5 Å². The van der Waals surface area contributed by atoms with Crippen molar-refractivity contribution in [2.24, 2.45) is 0 Å². The quantitative estimate of drug-likeness (QED) is 0.861. The minimum atomic E-state index is -0.144. The Labute approximate surface area is 107 Å². The van der Waals surface area contributed by atoms with Crippen molar-refractivity contribution >= 4 is 34.8 Å². The number of phenolic OH excluding ortho intramolecular Hbond substituents is 1. The van der Waals surface area contributed by atoms with Gasteiger partial charge in [-0.1, -0.05) is 34.8 Å². The first-order chi connectivity index (χ1) is 7.58. The molecule has 0 aliphatic carbocycles. The van der Waals surface area contributed by atoms with Gasteiger partial charge in [0.25, 0.3) is 0 Å². The van der Waals surface area contributed by atoms with Crippen LogP contribution < -0.4 is 0 Å². The number of hydrogen-bond acceptors (Lipinski definition) is 3. The lowest BCUT2D eigenvalue weighted by molar-refractivity contribution is 0.476. The fraction of sp³-hybridized carbons (Fsp3) is 0. The van der Waals surface area contributed by atoms with Gasteiger partial charge in [-0.3, -0.25) is 0 Å². The van der Waals surface area contributed by atoms with Gasteiger partial charge >= 0.3 is 0 Å². The van der Waals surface area contributed by atoms with Gasteiger partial charge in [-0.2, -0.15) is 0 Å². The van der Waals surface area contributed by atoms with Crippen molar-refractivity contribution in [1.82, 2.24) is 10.2 Å². The van der Waals surface area contributed by atoms with Crippen LogP contribution in [0.2, 0.25) is 15.2 Å². The van der Waals surface area contributed by atoms with E-state index in [0.717, 1.165) is 0 Å². The van der Waals surface area contributed by atoms with Gasteiger partial charge in [0.05, 0.1) is 15.7 Å². The first kappa shape index (κ1) is 11.5. The van der Waals surface area contributed by atoms with E-state index in [0.29, 0.717) is 16.4 Å². The molecule has 0 aliphatic heterocycles. The molecule has 0 fully saturated rings. The van der Waals surface area contributed by atoms with E-state index in [1.807, 2.05) is 0 Å². The molecule has 0 amide bonds. The summed E-state index contributed by atoms with van der Waals surface area (Å²) in [7, 11) is 0. The Balaban J connectivity index is 2.52. The Bertz CT molecular complexity index is 505. The molecular weight excluding hydrogens is 270 g/mol. The van der Waals surface area contributed by atoms with E-state index in [9.17, 15) is 5.11 Å². The number of rotatable bonds is 1. The molecule has 0 atom stereocenters. The number of aromatic hydroxyl groups is 1. The van der Waals surface area contributed by atoms with E-state index in [2.05, 4.69) is 10.2 Å². The normalized spacial score (nSPS) is 10.4. The third-order valence-corrected chi connectivity index (χ3v) is 2.72. The van der Waals surface area contributed by atoms with Gasteiger partial charge in [-0.05, 0) is 24.3 Å². The van der Waals surface area contributed by atoms with Gasteiger partial charge in [-0.25, -0.2) is 0 Å². The maximum absolute atomic E-state index is 9.40. The highest BCUT2D eigenvalue weighted by molar-refractivity contribution is 6.37. The summed E-state index contributed by atoms with van der Waals surface area (Å²) in [6.07, 6.45) is 0. The predicted octanol–water partition coefficient (Wildman–Crippen LogP) is 3.81. The lowest BCUT2D eigenvalue weighted by Crippen LogP contribution is -1.87. The van der Waals surface area contributed by atoms with Crippen LogP contribution in [0, 0.1) is 0 Å². The number of phenols is 1. The largest absolute Gasteiger partial charge is 0.505 e. The minimum absolute atomic E-state index is 0.144. The first-order valence-corrected chi connectivity index (χ1v) is 5.39. The topological polar surface area (TPSA) is 46.0 Å². The van der Waals surface area contributed by atoms with Crippen LogP contribution in [0.1, 0.15) is 0 Å². The van der Waals surface area contributed by atoms with E-state index in [1.165, 1.54) is 0 Å². The monoisotopic (exact) mass is 274 g/mol. The SMILES string of the molecule is Oc1c(Cl)cc(-c2ccc(Cl)nn2)cc1Cl. The molecule has 3 nitrogen and oxygen atoms in total. The molecule has 1 N–H and O–H groups in total. The molecule has 16 heavy (non-hydrogen) atoms. The summed E-state index contributed by atoms with van der Waals surface area (Å²) in [5, 5.41) is 17.6. The molecule has 6 heteroatoms. The highest BCUT2D eigenvalue weighted by Crippen LogP contribution is 2.35. The molecule has 1 aromatic heterocycles. The molecule has 0 aliphatic rings. The molecule has 0 unspecified atom stereocenters. The Morgan fingerprint density at radius 3 is 2.06 bits per heavy atom. The second-order valence-corrected chi connectivity index (χ2v) is 4.23. The predicted molar refractivity (Wildman–Crippen MR) is 64.2 cm³/mol. The number of nitrogens with zero attached hydrogens (tertiary/aromatic N) is 2. The third kappa shape index (κ3) is 2.21. The summed E-state index contributed by atoms with van der Waals surface area (Å²) in [6.45, 7) is 0. The van der Waals surface area contributed by atoms with Crippen molar-refractivity contribution < 1.29 is 5.11 Å². The number of aromatic nitrogens is 2. The van der Waals surface area contributed by atoms with Gasteiger partial charge < -0.3 is 5.11 Å². The van der Waals surface area contributed by atoms with Crippen LogP contribution in [0.5, 0.6) is 5.75 Å².